The van der Waals surface area contributed by atoms with Crippen molar-refractivity contribution in [3.8, 4) is 0 Å². The van der Waals surface area contributed by atoms with Crippen LogP contribution in [0, 0.1) is 0 Å². The number of rotatable bonds is 1. The summed E-state index contributed by atoms with van der Waals surface area (Å²) in [5.74, 6) is -0.325. The van der Waals surface area contributed by atoms with Gasteiger partial charge in [-0.15, -0.1) is 0 Å². The number of hydrogen-bond acceptors (Lipinski definition) is 4. The fraction of sp³-hybridized carbons (Fsp3) is 0.267. The Morgan fingerprint density at radius 3 is 2.43 bits per heavy atom. The van der Waals surface area contributed by atoms with Crippen LogP contribution < -0.4 is 4.90 Å². The van der Waals surface area contributed by atoms with E-state index < -0.39 is 0 Å². The number of nitrogens with zero attached hydrogens (tertiary/aromatic N) is 2. The molecule has 1 fully saturated rings. The highest BCUT2D eigenvalue weighted by Gasteiger charge is 2.41. The van der Waals surface area contributed by atoms with Crippen LogP contribution >= 0.6 is 24.0 Å². The Morgan fingerprint density at radius 2 is 1.81 bits per heavy atom. The second-order valence-corrected chi connectivity index (χ2v) is 6.87. The SMILES string of the molecule is CC(C)N1C(=O)C(=C2C(=O)N(C)c3ccccc32)SC1=S. The van der Waals surface area contributed by atoms with Gasteiger partial charge in [0.25, 0.3) is 11.8 Å². The van der Waals surface area contributed by atoms with E-state index in [9.17, 15) is 9.59 Å². The molecule has 0 radical (unpaired) electrons. The molecular weight excluding hydrogens is 304 g/mol. The Kier molecular flexibility index (Phi) is 3.37. The Balaban J connectivity index is 2.18. The Labute approximate surface area is 132 Å². The van der Waals surface area contributed by atoms with Crippen LogP contribution in [0.3, 0.4) is 0 Å². The van der Waals surface area contributed by atoms with Gasteiger partial charge >= 0.3 is 0 Å². The fourth-order valence-corrected chi connectivity index (χ4v) is 4.16. The Hall–Kier alpha value is -1.66. The molecule has 0 atom stereocenters. The number of anilines is 1. The summed E-state index contributed by atoms with van der Waals surface area (Å²) in [6, 6.07) is 7.48. The molecular formula is C15H14N2O2S2. The number of thioether (sulfide) groups is 1. The molecule has 21 heavy (non-hydrogen) atoms. The summed E-state index contributed by atoms with van der Waals surface area (Å²) in [5, 5.41) is 0. The molecule has 108 valence electrons. The van der Waals surface area contributed by atoms with Gasteiger partial charge in [0, 0.05) is 18.7 Å². The molecule has 2 aliphatic rings. The first-order valence-electron chi connectivity index (χ1n) is 6.60. The standard InChI is InChI=1S/C15H14N2O2S2/c1-8(2)17-14(19)12(21-15(17)20)11-9-6-4-5-7-10(9)16(3)13(11)18/h4-8H,1-3H3. The summed E-state index contributed by atoms with van der Waals surface area (Å²) in [6.45, 7) is 3.82. The van der Waals surface area contributed by atoms with E-state index in [4.69, 9.17) is 12.2 Å². The molecule has 1 saturated heterocycles. The molecule has 0 aliphatic carbocycles. The zero-order valence-corrected chi connectivity index (χ0v) is 13.5. The van der Waals surface area contributed by atoms with E-state index in [0.29, 0.717) is 14.8 Å². The molecule has 0 aromatic heterocycles. The average molecular weight is 318 g/mol. The monoisotopic (exact) mass is 318 g/mol. The van der Waals surface area contributed by atoms with E-state index in [2.05, 4.69) is 0 Å². The molecule has 0 spiro atoms. The zero-order chi connectivity index (χ0) is 15.3. The van der Waals surface area contributed by atoms with Crippen LogP contribution in [0.25, 0.3) is 5.57 Å². The Morgan fingerprint density at radius 1 is 1.14 bits per heavy atom. The normalized spacial score (nSPS) is 21.8. The molecule has 0 unspecified atom stereocenters. The molecule has 2 heterocycles. The lowest BCUT2D eigenvalue weighted by Crippen LogP contribution is -2.34. The first kappa shape index (κ1) is 14.3. The molecule has 0 N–H and O–H groups in total. The molecule has 0 saturated carbocycles. The van der Waals surface area contributed by atoms with Crippen molar-refractivity contribution in [1.29, 1.82) is 0 Å². The van der Waals surface area contributed by atoms with Gasteiger partial charge in [0.1, 0.15) is 4.32 Å². The van der Waals surface area contributed by atoms with Gasteiger partial charge in [-0.05, 0) is 19.9 Å². The third-order valence-corrected chi connectivity index (χ3v) is 5.00. The van der Waals surface area contributed by atoms with Crippen molar-refractivity contribution < 1.29 is 9.59 Å². The number of para-hydroxylation sites is 1. The highest BCUT2D eigenvalue weighted by Crippen LogP contribution is 2.44. The molecule has 1 aromatic carbocycles. The predicted molar refractivity (Wildman–Crippen MR) is 88.9 cm³/mol. The molecule has 4 nitrogen and oxygen atoms in total. The van der Waals surface area contributed by atoms with Crippen LogP contribution in [-0.4, -0.2) is 34.1 Å². The minimum Gasteiger partial charge on any atom is -0.311 e. The van der Waals surface area contributed by atoms with E-state index in [-0.39, 0.29) is 17.9 Å². The van der Waals surface area contributed by atoms with Gasteiger partial charge in [0.05, 0.1) is 16.2 Å². The number of amides is 2. The van der Waals surface area contributed by atoms with Crippen LogP contribution in [0.2, 0.25) is 0 Å². The van der Waals surface area contributed by atoms with Crippen LogP contribution in [0.15, 0.2) is 29.2 Å². The van der Waals surface area contributed by atoms with Gasteiger partial charge in [0.15, 0.2) is 0 Å². The number of fused-ring (bicyclic) bond motifs is 1. The number of benzene rings is 1. The average Bonchev–Trinajstić information content (AvgIpc) is 2.86. The highest BCUT2D eigenvalue weighted by atomic mass is 32.2. The smallest absolute Gasteiger partial charge is 0.267 e. The van der Waals surface area contributed by atoms with Gasteiger partial charge in [-0.25, -0.2) is 0 Å². The van der Waals surface area contributed by atoms with Crippen molar-refractivity contribution in [2.24, 2.45) is 0 Å². The van der Waals surface area contributed by atoms with Crippen LogP contribution in [0.4, 0.5) is 5.69 Å². The molecule has 6 heteroatoms. The van der Waals surface area contributed by atoms with Gasteiger partial charge < -0.3 is 4.90 Å². The van der Waals surface area contributed by atoms with Gasteiger partial charge in [0.2, 0.25) is 0 Å². The van der Waals surface area contributed by atoms with Crippen molar-refractivity contribution >= 4 is 51.4 Å². The first-order chi connectivity index (χ1) is 9.93. The third kappa shape index (κ3) is 2.01. The van der Waals surface area contributed by atoms with Crippen LogP contribution in [0.5, 0.6) is 0 Å². The third-order valence-electron chi connectivity index (χ3n) is 3.60. The number of likely N-dealkylation sites (N-methyl/N-ethyl adjacent to an activating group) is 1. The lowest BCUT2D eigenvalue weighted by molar-refractivity contribution is -0.123. The largest absolute Gasteiger partial charge is 0.311 e. The van der Waals surface area contributed by atoms with Crippen molar-refractivity contribution in [2.75, 3.05) is 11.9 Å². The summed E-state index contributed by atoms with van der Waals surface area (Å²) in [7, 11) is 1.72. The molecule has 0 bridgehead atoms. The van der Waals surface area contributed by atoms with E-state index in [1.807, 2.05) is 38.1 Å². The second kappa shape index (κ2) is 4.96. The summed E-state index contributed by atoms with van der Waals surface area (Å²) < 4.78 is 0.511. The maximum atomic E-state index is 12.6. The summed E-state index contributed by atoms with van der Waals surface area (Å²) in [5.41, 5.74) is 2.09. The lowest BCUT2D eigenvalue weighted by atomic mass is 10.1. The maximum absolute atomic E-state index is 12.6. The second-order valence-electron chi connectivity index (χ2n) is 5.22. The number of carbonyl (C=O) groups is 2. The summed E-state index contributed by atoms with van der Waals surface area (Å²) in [4.78, 5) is 28.7. The lowest BCUT2D eigenvalue weighted by Gasteiger charge is -2.18. The van der Waals surface area contributed by atoms with E-state index >= 15 is 0 Å². The van der Waals surface area contributed by atoms with E-state index in [1.54, 1.807) is 16.8 Å². The number of thiocarbonyl (C=S) groups is 1. The molecule has 2 aliphatic heterocycles. The molecule has 1 aromatic rings. The molecule has 2 amide bonds. The summed E-state index contributed by atoms with van der Waals surface area (Å²) >= 11 is 6.50. The summed E-state index contributed by atoms with van der Waals surface area (Å²) in [6.07, 6.45) is 0. The van der Waals surface area contributed by atoms with E-state index in [1.165, 1.54) is 11.8 Å². The van der Waals surface area contributed by atoms with Crippen molar-refractivity contribution in [3.05, 3.63) is 34.7 Å². The minimum absolute atomic E-state index is 0.0138. The molecule has 3 rings (SSSR count). The van der Waals surface area contributed by atoms with Gasteiger partial charge in [-0.1, -0.05) is 42.2 Å². The van der Waals surface area contributed by atoms with Crippen LogP contribution in [-0.2, 0) is 9.59 Å². The minimum atomic E-state index is -0.173. The van der Waals surface area contributed by atoms with E-state index in [0.717, 1.165) is 11.3 Å². The van der Waals surface area contributed by atoms with Crippen molar-refractivity contribution in [3.63, 3.8) is 0 Å². The quantitative estimate of drug-likeness (QED) is 0.589. The van der Waals surface area contributed by atoms with Crippen LogP contribution in [0.1, 0.15) is 19.4 Å². The predicted octanol–water partition coefficient (Wildman–Crippen LogP) is 2.64. The maximum Gasteiger partial charge on any atom is 0.267 e. The van der Waals surface area contributed by atoms with Gasteiger partial charge in [-0.2, -0.15) is 0 Å². The highest BCUT2D eigenvalue weighted by molar-refractivity contribution is 8.26. The zero-order valence-electron chi connectivity index (χ0n) is 11.9. The van der Waals surface area contributed by atoms with Crippen molar-refractivity contribution in [1.82, 2.24) is 4.90 Å². The topological polar surface area (TPSA) is 40.6 Å². The number of hydrogen-bond donors (Lipinski definition) is 0. The Bertz CT molecular complexity index is 709. The first-order valence-corrected chi connectivity index (χ1v) is 7.83. The number of carbonyl (C=O) groups excluding carboxylic acids is 2. The van der Waals surface area contributed by atoms with Crippen molar-refractivity contribution in [2.45, 2.75) is 19.9 Å². The van der Waals surface area contributed by atoms with Gasteiger partial charge in [-0.3, -0.25) is 14.5 Å². The fourth-order valence-electron chi connectivity index (χ4n) is 2.57.